The largest absolute Gasteiger partial charge is 0.232 e. The van der Waals surface area contributed by atoms with E-state index in [4.69, 9.17) is 5.26 Å². The van der Waals surface area contributed by atoms with Gasteiger partial charge >= 0.3 is 0 Å². The van der Waals surface area contributed by atoms with Crippen LogP contribution >= 0.6 is 0 Å². The Kier molecular flexibility index (Phi) is 1.71. The standard InChI is InChI=1S/C9H8N4/c1-7-6-13-9(12-7)8(2-4-10)3-5-11-13/h3,5-6H,2H2,1H3. The van der Waals surface area contributed by atoms with Crippen molar-refractivity contribution >= 4 is 5.65 Å². The Bertz CT molecular complexity index is 478. The van der Waals surface area contributed by atoms with Crippen LogP contribution in [-0.2, 0) is 6.42 Å². The molecule has 0 fully saturated rings. The third-order valence-electron chi connectivity index (χ3n) is 1.83. The van der Waals surface area contributed by atoms with Gasteiger partial charge in [0.25, 0.3) is 0 Å². The molecular weight excluding hydrogens is 164 g/mol. The van der Waals surface area contributed by atoms with Crippen LogP contribution in [0.5, 0.6) is 0 Å². The second kappa shape index (κ2) is 2.87. The molecule has 0 atom stereocenters. The predicted octanol–water partition coefficient (Wildman–Crippen LogP) is 1.10. The maximum Gasteiger partial charge on any atom is 0.157 e. The van der Waals surface area contributed by atoms with Gasteiger partial charge in [0.1, 0.15) is 0 Å². The van der Waals surface area contributed by atoms with E-state index in [-0.39, 0.29) is 0 Å². The molecule has 0 saturated carbocycles. The summed E-state index contributed by atoms with van der Waals surface area (Å²) in [6.07, 6.45) is 3.90. The van der Waals surface area contributed by atoms with Gasteiger partial charge in [0.05, 0.1) is 24.4 Å². The van der Waals surface area contributed by atoms with Crippen LogP contribution in [-0.4, -0.2) is 14.6 Å². The SMILES string of the molecule is Cc1cn2nccc(CC#N)c2n1. The van der Waals surface area contributed by atoms with Crippen LogP contribution in [0, 0.1) is 18.3 Å². The molecule has 0 aliphatic heterocycles. The van der Waals surface area contributed by atoms with E-state index in [9.17, 15) is 0 Å². The van der Waals surface area contributed by atoms with Crippen molar-refractivity contribution in [3.8, 4) is 6.07 Å². The molecule has 0 N–H and O–H groups in total. The zero-order valence-corrected chi connectivity index (χ0v) is 7.23. The van der Waals surface area contributed by atoms with E-state index >= 15 is 0 Å². The van der Waals surface area contributed by atoms with E-state index in [0.29, 0.717) is 6.42 Å². The molecule has 64 valence electrons. The first-order valence-corrected chi connectivity index (χ1v) is 3.98. The first kappa shape index (κ1) is 7.74. The van der Waals surface area contributed by atoms with Gasteiger partial charge in [0, 0.05) is 11.8 Å². The number of nitriles is 1. The molecule has 2 aromatic heterocycles. The van der Waals surface area contributed by atoms with Gasteiger partial charge in [-0.25, -0.2) is 9.50 Å². The van der Waals surface area contributed by atoms with Crippen molar-refractivity contribution in [2.45, 2.75) is 13.3 Å². The van der Waals surface area contributed by atoms with Gasteiger partial charge in [0.15, 0.2) is 5.65 Å². The summed E-state index contributed by atoms with van der Waals surface area (Å²) in [5.74, 6) is 0. The fraction of sp³-hybridized carbons (Fsp3) is 0.222. The lowest BCUT2D eigenvalue weighted by Gasteiger charge is -1.95. The molecular formula is C9H8N4. The van der Waals surface area contributed by atoms with E-state index in [1.54, 1.807) is 10.7 Å². The number of aryl methyl sites for hydroxylation is 1. The number of rotatable bonds is 1. The lowest BCUT2D eigenvalue weighted by atomic mass is 10.2. The summed E-state index contributed by atoms with van der Waals surface area (Å²) in [5.41, 5.74) is 2.62. The Morgan fingerprint density at radius 2 is 2.46 bits per heavy atom. The highest BCUT2D eigenvalue weighted by Gasteiger charge is 2.03. The maximum absolute atomic E-state index is 8.58. The highest BCUT2D eigenvalue weighted by molar-refractivity contribution is 5.48. The number of imidazole rings is 1. The van der Waals surface area contributed by atoms with Gasteiger partial charge in [-0.2, -0.15) is 10.4 Å². The molecule has 2 aromatic rings. The third kappa shape index (κ3) is 1.25. The molecule has 0 aromatic carbocycles. The van der Waals surface area contributed by atoms with E-state index in [2.05, 4.69) is 16.2 Å². The number of nitrogens with zero attached hydrogens (tertiary/aromatic N) is 4. The average molecular weight is 172 g/mol. The minimum atomic E-state index is 0.377. The van der Waals surface area contributed by atoms with Crippen LogP contribution in [0.25, 0.3) is 5.65 Å². The highest BCUT2D eigenvalue weighted by atomic mass is 15.2. The van der Waals surface area contributed by atoms with Crippen molar-refractivity contribution in [3.63, 3.8) is 0 Å². The summed E-state index contributed by atoms with van der Waals surface area (Å²) in [7, 11) is 0. The van der Waals surface area contributed by atoms with Gasteiger partial charge in [-0.1, -0.05) is 0 Å². The van der Waals surface area contributed by atoms with Crippen molar-refractivity contribution in [1.29, 1.82) is 5.26 Å². The fourth-order valence-corrected chi connectivity index (χ4v) is 1.29. The Hall–Kier alpha value is -1.89. The maximum atomic E-state index is 8.58. The van der Waals surface area contributed by atoms with Gasteiger partial charge in [0.2, 0.25) is 0 Å². The molecule has 0 unspecified atom stereocenters. The molecule has 0 radical (unpaired) electrons. The topological polar surface area (TPSA) is 54.0 Å². The second-order valence-electron chi connectivity index (χ2n) is 2.84. The van der Waals surface area contributed by atoms with Crippen molar-refractivity contribution in [3.05, 3.63) is 29.7 Å². The van der Waals surface area contributed by atoms with Crippen molar-refractivity contribution in [2.75, 3.05) is 0 Å². The Morgan fingerprint density at radius 3 is 3.23 bits per heavy atom. The van der Waals surface area contributed by atoms with Crippen LogP contribution in [0.1, 0.15) is 11.3 Å². The molecule has 2 heterocycles. The summed E-state index contributed by atoms with van der Waals surface area (Å²) in [5, 5.41) is 12.7. The smallest absolute Gasteiger partial charge is 0.157 e. The van der Waals surface area contributed by atoms with Crippen LogP contribution in [0.15, 0.2) is 18.5 Å². The number of fused-ring (bicyclic) bond motifs is 1. The molecule has 4 heteroatoms. The van der Waals surface area contributed by atoms with Gasteiger partial charge in [-0.3, -0.25) is 0 Å². The molecule has 2 rings (SSSR count). The quantitative estimate of drug-likeness (QED) is 0.647. The summed E-state index contributed by atoms with van der Waals surface area (Å²) in [6, 6.07) is 3.93. The van der Waals surface area contributed by atoms with Crippen LogP contribution < -0.4 is 0 Å². The summed E-state index contributed by atoms with van der Waals surface area (Å²) < 4.78 is 1.70. The normalized spacial score (nSPS) is 10.2. The summed E-state index contributed by atoms with van der Waals surface area (Å²) in [6.45, 7) is 1.91. The lowest BCUT2D eigenvalue weighted by molar-refractivity contribution is 0.921. The van der Waals surface area contributed by atoms with E-state index < -0.39 is 0 Å². The lowest BCUT2D eigenvalue weighted by Crippen LogP contribution is -1.93. The highest BCUT2D eigenvalue weighted by Crippen LogP contribution is 2.08. The van der Waals surface area contributed by atoms with E-state index in [1.807, 2.05) is 19.2 Å². The van der Waals surface area contributed by atoms with E-state index in [0.717, 1.165) is 16.9 Å². The average Bonchev–Trinajstić information content (AvgIpc) is 2.47. The van der Waals surface area contributed by atoms with Gasteiger partial charge in [-0.05, 0) is 13.0 Å². The molecule has 13 heavy (non-hydrogen) atoms. The first-order valence-electron chi connectivity index (χ1n) is 3.98. The molecule has 0 aliphatic rings. The number of hydrogen-bond acceptors (Lipinski definition) is 3. The number of hydrogen-bond donors (Lipinski definition) is 0. The molecule has 0 bridgehead atoms. The van der Waals surface area contributed by atoms with Crippen molar-refractivity contribution in [2.24, 2.45) is 0 Å². The molecule has 0 saturated heterocycles. The number of aromatic nitrogens is 3. The molecule has 0 spiro atoms. The first-order chi connectivity index (χ1) is 6.31. The Morgan fingerprint density at radius 1 is 1.62 bits per heavy atom. The van der Waals surface area contributed by atoms with Crippen LogP contribution in [0.3, 0.4) is 0 Å². The molecule has 4 nitrogen and oxygen atoms in total. The van der Waals surface area contributed by atoms with Crippen LogP contribution in [0.2, 0.25) is 0 Å². The Labute approximate surface area is 75.4 Å². The third-order valence-corrected chi connectivity index (χ3v) is 1.83. The predicted molar refractivity (Wildman–Crippen MR) is 47.0 cm³/mol. The van der Waals surface area contributed by atoms with Crippen LogP contribution in [0.4, 0.5) is 0 Å². The zero-order valence-electron chi connectivity index (χ0n) is 7.23. The fourth-order valence-electron chi connectivity index (χ4n) is 1.29. The van der Waals surface area contributed by atoms with Gasteiger partial charge in [-0.15, -0.1) is 0 Å². The second-order valence-corrected chi connectivity index (χ2v) is 2.84. The zero-order chi connectivity index (χ0) is 9.26. The summed E-state index contributed by atoms with van der Waals surface area (Å²) >= 11 is 0. The van der Waals surface area contributed by atoms with Crippen molar-refractivity contribution in [1.82, 2.24) is 14.6 Å². The Balaban J connectivity index is 2.69. The monoisotopic (exact) mass is 172 g/mol. The van der Waals surface area contributed by atoms with Crippen molar-refractivity contribution < 1.29 is 0 Å². The minimum absolute atomic E-state index is 0.377. The molecule has 0 amide bonds. The summed E-state index contributed by atoms with van der Waals surface area (Å²) in [4.78, 5) is 4.28. The van der Waals surface area contributed by atoms with E-state index in [1.165, 1.54) is 0 Å². The van der Waals surface area contributed by atoms with Gasteiger partial charge < -0.3 is 0 Å². The molecule has 0 aliphatic carbocycles. The minimum Gasteiger partial charge on any atom is -0.232 e.